The summed E-state index contributed by atoms with van der Waals surface area (Å²) in [6, 6.07) is 12.5. The van der Waals surface area contributed by atoms with Crippen LogP contribution in [0.2, 0.25) is 5.02 Å². The number of carbonyl (C=O) groups is 1. The van der Waals surface area contributed by atoms with E-state index >= 15 is 0 Å². The smallest absolute Gasteiger partial charge is 0.395 e. The quantitative estimate of drug-likeness (QED) is 0.328. The van der Waals surface area contributed by atoms with Crippen molar-refractivity contribution in [3.8, 4) is 5.75 Å². The molecule has 0 aliphatic carbocycles. The van der Waals surface area contributed by atoms with Crippen LogP contribution in [0.1, 0.15) is 19.4 Å². The lowest BCUT2D eigenvalue weighted by molar-refractivity contribution is -0.170. The van der Waals surface area contributed by atoms with Crippen LogP contribution in [0.4, 0.5) is 8.78 Å². The van der Waals surface area contributed by atoms with E-state index in [1.165, 1.54) is 6.07 Å². The van der Waals surface area contributed by atoms with Crippen LogP contribution in [-0.2, 0) is 16.1 Å². The standard InChI is InChI=1S/C22H19ClF2NO4P/c1-13(2)20(22(27)29-12-15-7-9-16(24)11-19(15)25)26-31(28)30-21-17-6-4-3-5-14(17)8-10-18(21)23/h3-11,13,20H,12H2,1-2H3/t20-/m0/s1. The molecule has 2 atom stereocenters. The zero-order chi connectivity index (χ0) is 22.5. The van der Waals surface area contributed by atoms with E-state index in [0.29, 0.717) is 11.5 Å². The lowest BCUT2D eigenvalue weighted by Crippen LogP contribution is -2.27. The molecule has 0 aromatic heterocycles. The highest BCUT2D eigenvalue weighted by atomic mass is 35.5. The summed E-state index contributed by atoms with van der Waals surface area (Å²) in [4.78, 5) is 25.1. The Bertz CT molecular complexity index is 1140. The first kappa shape index (κ1) is 23.1. The van der Waals surface area contributed by atoms with Crippen molar-refractivity contribution in [3.63, 3.8) is 0 Å². The molecule has 0 saturated carbocycles. The van der Waals surface area contributed by atoms with Crippen molar-refractivity contribution in [3.05, 3.63) is 76.8 Å². The number of hydrogen-bond acceptors (Lipinski definition) is 5. The van der Waals surface area contributed by atoms with Crippen LogP contribution < -0.4 is 9.42 Å². The number of nitrogens with zero attached hydrogens (tertiary/aromatic N) is 1. The molecule has 0 aliphatic rings. The Balaban J connectivity index is 1.77. The first-order valence-electron chi connectivity index (χ1n) is 9.40. The maximum absolute atomic E-state index is 13.7. The van der Waals surface area contributed by atoms with Gasteiger partial charge in [-0.1, -0.05) is 60.5 Å². The Morgan fingerprint density at radius 3 is 2.61 bits per heavy atom. The van der Waals surface area contributed by atoms with Gasteiger partial charge in [-0.3, -0.25) is 4.52 Å². The normalized spacial score (nSPS) is 12.8. The van der Waals surface area contributed by atoms with E-state index in [1.54, 1.807) is 38.1 Å². The van der Waals surface area contributed by atoms with Gasteiger partial charge in [0.1, 0.15) is 18.2 Å². The van der Waals surface area contributed by atoms with Gasteiger partial charge in [0, 0.05) is 17.0 Å². The molecule has 9 heteroatoms. The van der Waals surface area contributed by atoms with E-state index < -0.39 is 38.4 Å². The summed E-state index contributed by atoms with van der Waals surface area (Å²) in [7, 11) is -2.66. The average Bonchev–Trinajstić information content (AvgIpc) is 2.73. The average molecular weight is 466 g/mol. The summed E-state index contributed by atoms with van der Waals surface area (Å²) >= 11 is 6.20. The maximum Gasteiger partial charge on any atom is 0.395 e. The van der Waals surface area contributed by atoms with Crippen LogP contribution in [0.15, 0.2) is 59.3 Å². The Morgan fingerprint density at radius 1 is 1.16 bits per heavy atom. The number of rotatable bonds is 7. The molecular formula is C22H19ClF2NO4P. The third-order valence-corrected chi connectivity index (χ3v) is 5.55. The fourth-order valence-corrected chi connectivity index (χ4v) is 4.06. The summed E-state index contributed by atoms with van der Waals surface area (Å²) in [5.74, 6) is -2.52. The molecular weight excluding hydrogens is 447 g/mol. The van der Waals surface area contributed by atoms with Crippen LogP contribution in [0, 0.1) is 17.6 Å². The molecule has 0 saturated heterocycles. The molecule has 3 aromatic carbocycles. The van der Waals surface area contributed by atoms with Crippen molar-refractivity contribution >= 4 is 36.5 Å². The number of ether oxygens (including phenoxy) is 1. The highest BCUT2D eigenvalue weighted by Crippen LogP contribution is 2.38. The summed E-state index contributed by atoms with van der Waals surface area (Å²) in [5, 5.41) is 1.75. The van der Waals surface area contributed by atoms with Gasteiger partial charge in [-0.15, -0.1) is 0 Å². The van der Waals surface area contributed by atoms with Crippen molar-refractivity contribution < 1.29 is 27.7 Å². The van der Waals surface area contributed by atoms with Gasteiger partial charge in [-0.2, -0.15) is 0 Å². The van der Waals surface area contributed by atoms with E-state index in [4.69, 9.17) is 20.9 Å². The molecule has 5 nitrogen and oxygen atoms in total. The van der Waals surface area contributed by atoms with Gasteiger partial charge >= 0.3 is 14.1 Å². The molecule has 3 rings (SSSR count). The zero-order valence-corrected chi connectivity index (χ0v) is 18.4. The van der Waals surface area contributed by atoms with E-state index in [-0.39, 0.29) is 22.3 Å². The Labute approximate surface area is 184 Å². The Kier molecular flexibility index (Phi) is 7.55. The van der Waals surface area contributed by atoms with Crippen LogP contribution in [0.25, 0.3) is 10.8 Å². The minimum absolute atomic E-state index is 0.0143. The van der Waals surface area contributed by atoms with Crippen molar-refractivity contribution in [1.82, 2.24) is 0 Å². The van der Waals surface area contributed by atoms with Crippen molar-refractivity contribution in [2.24, 2.45) is 10.7 Å². The largest absolute Gasteiger partial charge is 0.575 e. The summed E-state index contributed by atoms with van der Waals surface area (Å²) in [5.41, 5.74) is 0.0143. The van der Waals surface area contributed by atoms with Crippen molar-refractivity contribution in [2.75, 3.05) is 0 Å². The number of hydrogen-bond donors (Lipinski definition) is 0. The fourth-order valence-electron chi connectivity index (χ4n) is 2.84. The molecule has 0 amide bonds. The highest BCUT2D eigenvalue weighted by molar-refractivity contribution is 7.34. The second-order valence-corrected chi connectivity index (χ2v) is 8.37. The molecule has 0 N–H and O–H groups in total. The van der Waals surface area contributed by atoms with Gasteiger partial charge in [0.2, 0.25) is 5.75 Å². The van der Waals surface area contributed by atoms with Gasteiger partial charge in [-0.05, 0) is 29.5 Å². The minimum Gasteiger partial charge on any atom is -0.575 e. The zero-order valence-electron chi connectivity index (χ0n) is 16.7. The molecule has 1 unspecified atom stereocenters. The van der Waals surface area contributed by atoms with Crippen LogP contribution in [0.3, 0.4) is 0 Å². The summed E-state index contributed by atoms with van der Waals surface area (Å²) in [6.45, 7) is 2.99. The van der Waals surface area contributed by atoms with Gasteiger partial charge in [0.05, 0.1) is 5.02 Å². The van der Waals surface area contributed by atoms with Crippen molar-refractivity contribution in [2.45, 2.75) is 26.5 Å². The Hall–Kier alpha value is -2.60. The summed E-state index contributed by atoms with van der Waals surface area (Å²) in [6.07, 6.45) is 0. The number of halogens is 3. The number of esters is 1. The number of fused-ring (bicyclic) bond motifs is 1. The van der Waals surface area contributed by atoms with E-state index in [9.17, 15) is 18.5 Å². The second kappa shape index (κ2) is 10.1. The van der Waals surface area contributed by atoms with E-state index in [1.807, 2.05) is 12.1 Å². The molecule has 0 radical (unpaired) electrons. The molecule has 0 spiro atoms. The molecule has 0 heterocycles. The lowest BCUT2D eigenvalue weighted by atomic mass is 10.1. The molecule has 3 aromatic rings. The lowest BCUT2D eigenvalue weighted by Gasteiger charge is -2.14. The van der Waals surface area contributed by atoms with Gasteiger partial charge in [-0.25, -0.2) is 13.6 Å². The molecule has 0 fully saturated rings. The fraction of sp³-hybridized carbons (Fsp3) is 0.227. The van der Waals surface area contributed by atoms with Gasteiger partial charge in [0.15, 0.2) is 6.04 Å². The van der Waals surface area contributed by atoms with E-state index in [0.717, 1.165) is 11.5 Å². The summed E-state index contributed by atoms with van der Waals surface area (Å²) < 4.78 is 41.3. The van der Waals surface area contributed by atoms with Gasteiger partial charge in [0.25, 0.3) is 0 Å². The number of carbonyl (C=O) groups excluding carboxylic acids is 1. The van der Waals surface area contributed by atoms with Crippen LogP contribution >= 0.6 is 19.8 Å². The molecule has 31 heavy (non-hydrogen) atoms. The molecule has 162 valence electrons. The van der Waals surface area contributed by atoms with Crippen LogP contribution in [-0.4, -0.2) is 12.0 Å². The third-order valence-electron chi connectivity index (χ3n) is 4.48. The Morgan fingerprint density at radius 2 is 1.90 bits per heavy atom. The predicted octanol–water partition coefficient (Wildman–Crippen LogP) is 5.77. The first-order chi connectivity index (χ1) is 14.8. The monoisotopic (exact) mass is 465 g/mol. The van der Waals surface area contributed by atoms with Crippen LogP contribution in [0.5, 0.6) is 5.75 Å². The van der Waals surface area contributed by atoms with Gasteiger partial charge < -0.3 is 9.63 Å². The SMILES string of the molecule is CC(C)[C@H](/N=[P+](\[O-])Oc1c(Cl)ccc2ccccc12)C(=O)OCc1ccc(F)cc1F. The molecule has 0 aliphatic heterocycles. The van der Waals surface area contributed by atoms with E-state index in [2.05, 4.69) is 4.74 Å². The first-order valence-corrected chi connectivity index (χ1v) is 10.9. The predicted molar refractivity (Wildman–Crippen MR) is 114 cm³/mol. The minimum atomic E-state index is -2.66. The maximum atomic E-state index is 13.7. The molecule has 0 bridgehead atoms. The van der Waals surface area contributed by atoms with Crippen molar-refractivity contribution in [1.29, 1.82) is 0 Å². The number of benzene rings is 3. The highest BCUT2D eigenvalue weighted by Gasteiger charge is 2.28. The second-order valence-electron chi connectivity index (χ2n) is 7.07. The third kappa shape index (κ3) is 5.76. The topological polar surface area (TPSA) is 71.0 Å².